The third-order valence-corrected chi connectivity index (χ3v) is 4.68. The zero-order valence-corrected chi connectivity index (χ0v) is 16.2. The second-order valence-electron chi connectivity index (χ2n) is 5.84. The molecule has 0 atom stereocenters. The number of carbonyl (C=O) groups is 1. The molecule has 3 aromatic rings. The minimum Gasteiger partial charge on any atom is -0.497 e. The summed E-state index contributed by atoms with van der Waals surface area (Å²) < 4.78 is 5.25. The minimum atomic E-state index is -0.122. The van der Waals surface area contributed by atoms with E-state index >= 15 is 0 Å². The Morgan fingerprint density at radius 1 is 1.21 bits per heavy atom. The first-order valence-electron chi connectivity index (χ1n) is 8.44. The van der Waals surface area contributed by atoms with Gasteiger partial charge in [0.2, 0.25) is 5.91 Å². The number of carbonyl (C=O) groups excluding carboxylic acids is 1. The van der Waals surface area contributed by atoms with Gasteiger partial charge in [0.05, 0.1) is 12.8 Å². The molecule has 0 saturated carbocycles. The number of anilines is 2. The minimum absolute atomic E-state index is 0.122. The summed E-state index contributed by atoms with van der Waals surface area (Å²) in [6, 6.07) is 17.0. The van der Waals surface area contributed by atoms with Gasteiger partial charge in [-0.25, -0.2) is 4.98 Å². The van der Waals surface area contributed by atoms with Gasteiger partial charge in [-0.15, -0.1) is 11.3 Å². The smallest absolute Gasteiger partial charge is 0.221 e. The fraction of sp³-hybridized carbons (Fsp3) is 0.0952. The average molecular weight is 390 g/mol. The van der Waals surface area contributed by atoms with Gasteiger partial charge in [0.15, 0.2) is 0 Å². The van der Waals surface area contributed by atoms with Crippen LogP contribution in [0.4, 0.5) is 11.4 Å². The van der Waals surface area contributed by atoms with Gasteiger partial charge in [0.1, 0.15) is 22.4 Å². The van der Waals surface area contributed by atoms with Gasteiger partial charge >= 0.3 is 0 Å². The summed E-state index contributed by atoms with van der Waals surface area (Å²) in [6.45, 7) is 1.46. The monoisotopic (exact) mass is 390 g/mol. The zero-order valence-electron chi connectivity index (χ0n) is 15.4. The van der Waals surface area contributed by atoms with Crippen LogP contribution >= 0.6 is 11.3 Å². The molecule has 28 heavy (non-hydrogen) atoms. The molecule has 0 aliphatic heterocycles. The molecule has 0 saturated heterocycles. The summed E-state index contributed by atoms with van der Waals surface area (Å²) in [6.07, 6.45) is 1.63. The summed E-state index contributed by atoms with van der Waals surface area (Å²) in [7, 11) is 1.62. The number of amides is 1. The van der Waals surface area contributed by atoms with Crippen molar-refractivity contribution in [2.75, 3.05) is 17.7 Å². The molecule has 2 aromatic carbocycles. The van der Waals surface area contributed by atoms with E-state index in [0.29, 0.717) is 16.3 Å². The van der Waals surface area contributed by atoms with E-state index in [9.17, 15) is 10.1 Å². The van der Waals surface area contributed by atoms with Crippen molar-refractivity contribution in [3.63, 3.8) is 0 Å². The number of hydrogen-bond donors (Lipinski definition) is 2. The average Bonchev–Trinajstić information content (AvgIpc) is 3.19. The molecule has 0 radical (unpaired) electrons. The van der Waals surface area contributed by atoms with Crippen LogP contribution in [0.3, 0.4) is 0 Å². The lowest BCUT2D eigenvalue weighted by Crippen LogP contribution is -2.05. The number of ether oxygens (including phenoxy) is 1. The zero-order chi connectivity index (χ0) is 19.9. The normalized spacial score (nSPS) is 10.8. The Kier molecular flexibility index (Phi) is 6.04. The Hall–Kier alpha value is -3.63. The number of rotatable bonds is 6. The van der Waals surface area contributed by atoms with Crippen molar-refractivity contribution in [3.8, 4) is 23.1 Å². The summed E-state index contributed by atoms with van der Waals surface area (Å²) in [5, 5.41) is 17.8. The van der Waals surface area contributed by atoms with Crippen LogP contribution in [0, 0.1) is 11.3 Å². The number of nitrogens with zero attached hydrogens (tertiary/aromatic N) is 2. The Labute approximate surface area is 167 Å². The van der Waals surface area contributed by atoms with Crippen molar-refractivity contribution < 1.29 is 9.53 Å². The Bertz CT molecular complexity index is 1050. The van der Waals surface area contributed by atoms with Crippen LogP contribution < -0.4 is 15.4 Å². The number of methoxy groups -OCH3 is 1. The molecule has 0 bridgehead atoms. The summed E-state index contributed by atoms with van der Waals surface area (Å²) in [5.74, 6) is 0.635. The van der Waals surface area contributed by atoms with Crippen LogP contribution in [0.1, 0.15) is 11.9 Å². The van der Waals surface area contributed by atoms with Gasteiger partial charge in [-0.05, 0) is 36.4 Å². The highest BCUT2D eigenvalue weighted by Crippen LogP contribution is 2.28. The summed E-state index contributed by atoms with van der Waals surface area (Å²) >= 11 is 1.40. The first-order valence-corrected chi connectivity index (χ1v) is 9.32. The van der Waals surface area contributed by atoms with E-state index in [1.54, 1.807) is 25.4 Å². The molecule has 3 rings (SSSR count). The maximum Gasteiger partial charge on any atom is 0.221 e. The summed E-state index contributed by atoms with van der Waals surface area (Å²) in [5.41, 5.74) is 3.67. The van der Waals surface area contributed by atoms with Crippen molar-refractivity contribution in [1.82, 2.24) is 4.98 Å². The van der Waals surface area contributed by atoms with Gasteiger partial charge in [-0.2, -0.15) is 5.26 Å². The molecule has 1 heterocycles. The molecule has 2 N–H and O–H groups in total. The molecule has 0 fully saturated rings. The lowest BCUT2D eigenvalue weighted by Gasteiger charge is -2.05. The van der Waals surface area contributed by atoms with Crippen molar-refractivity contribution in [1.29, 1.82) is 5.26 Å². The van der Waals surface area contributed by atoms with Crippen LogP contribution in [0.2, 0.25) is 0 Å². The Balaban J connectivity index is 1.75. The van der Waals surface area contributed by atoms with E-state index in [2.05, 4.69) is 21.7 Å². The highest BCUT2D eigenvalue weighted by atomic mass is 32.1. The molecule has 6 nitrogen and oxygen atoms in total. The number of aromatic nitrogens is 1. The quantitative estimate of drug-likeness (QED) is 0.593. The molecular weight excluding hydrogens is 372 g/mol. The molecule has 140 valence electrons. The van der Waals surface area contributed by atoms with Crippen LogP contribution in [0.5, 0.6) is 5.75 Å². The van der Waals surface area contributed by atoms with Gasteiger partial charge in [-0.3, -0.25) is 4.79 Å². The second kappa shape index (κ2) is 8.84. The number of nitrogens with one attached hydrogen (secondary N) is 2. The van der Waals surface area contributed by atoms with Crippen molar-refractivity contribution in [2.45, 2.75) is 6.92 Å². The molecule has 0 unspecified atom stereocenters. The second-order valence-corrected chi connectivity index (χ2v) is 6.70. The molecule has 1 aromatic heterocycles. The van der Waals surface area contributed by atoms with Crippen LogP contribution in [0.15, 0.2) is 60.1 Å². The van der Waals surface area contributed by atoms with E-state index < -0.39 is 0 Å². The summed E-state index contributed by atoms with van der Waals surface area (Å²) in [4.78, 5) is 15.6. The third-order valence-electron chi connectivity index (χ3n) is 3.81. The lowest BCUT2D eigenvalue weighted by molar-refractivity contribution is -0.114. The number of nitriles is 1. The number of allylic oxidation sites excluding steroid dienone is 1. The Morgan fingerprint density at radius 2 is 1.96 bits per heavy atom. The van der Waals surface area contributed by atoms with Crippen LogP contribution in [0.25, 0.3) is 16.8 Å². The van der Waals surface area contributed by atoms with E-state index in [4.69, 9.17) is 4.74 Å². The van der Waals surface area contributed by atoms with Gasteiger partial charge in [0.25, 0.3) is 0 Å². The van der Waals surface area contributed by atoms with Crippen molar-refractivity contribution in [2.24, 2.45) is 0 Å². The van der Waals surface area contributed by atoms with E-state index in [1.807, 2.05) is 41.8 Å². The largest absolute Gasteiger partial charge is 0.497 e. The fourth-order valence-corrected chi connectivity index (χ4v) is 3.26. The highest BCUT2D eigenvalue weighted by molar-refractivity contribution is 7.11. The topological polar surface area (TPSA) is 87.0 Å². The fourth-order valence-electron chi connectivity index (χ4n) is 2.46. The number of benzene rings is 2. The highest BCUT2D eigenvalue weighted by Gasteiger charge is 2.09. The van der Waals surface area contributed by atoms with Gasteiger partial charge in [-0.1, -0.05) is 12.1 Å². The van der Waals surface area contributed by atoms with Gasteiger partial charge in [0, 0.05) is 35.4 Å². The van der Waals surface area contributed by atoms with E-state index in [-0.39, 0.29) is 5.91 Å². The maximum absolute atomic E-state index is 11.1. The first-order chi connectivity index (χ1) is 13.6. The predicted molar refractivity (Wildman–Crippen MR) is 112 cm³/mol. The van der Waals surface area contributed by atoms with Crippen LogP contribution in [-0.4, -0.2) is 18.0 Å². The standard InChI is InChI=1S/C21H18N4O2S/c1-14(26)24-18-8-6-17(7-9-18)23-12-16(11-22)21-25-20(13-28-21)15-4-3-5-19(10-15)27-2/h3-10,12-13,23H,1-2H3,(H,24,26)/b16-12+. The Morgan fingerprint density at radius 3 is 2.64 bits per heavy atom. The van der Waals surface area contributed by atoms with Crippen LogP contribution in [-0.2, 0) is 4.79 Å². The number of hydrogen-bond acceptors (Lipinski definition) is 6. The predicted octanol–water partition coefficient (Wildman–Crippen LogP) is 4.75. The van der Waals surface area contributed by atoms with Gasteiger partial charge < -0.3 is 15.4 Å². The SMILES string of the molecule is COc1cccc(-c2csc(/C(C#N)=C/Nc3ccc(NC(C)=O)cc3)n2)c1. The first kappa shape index (κ1) is 19.1. The third kappa shape index (κ3) is 4.75. The molecule has 0 aliphatic carbocycles. The van der Waals surface area contributed by atoms with Crippen molar-refractivity contribution >= 4 is 34.2 Å². The molecule has 0 spiro atoms. The maximum atomic E-state index is 11.1. The lowest BCUT2D eigenvalue weighted by atomic mass is 10.1. The number of thiazole rings is 1. The van der Waals surface area contributed by atoms with E-state index in [0.717, 1.165) is 22.7 Å². The molecule has 7 heteroatoms. The van der Waals surface area contributed by atoms with Crippen molar-refractivity contribution in [3.05, 3.63) is 65.1 Å². The molecule has 1 amide bonds. The molecular formula is C21H18N4O2S. The molecule has 0 aliphatic rings. The van der Waals surface area contributed by atoms with E-state index in [1.165, 1.54) is 18.3 Å².